The van der Waals surface area contributed by atoms with Crippen molar-refractivity contribution in [3.8, 4) is 0 Å². The van der Waals surface area contributed by atoms with E-state index in [1.54, 1.807) is 6.33 Å². The largest absolute Gasteiger partial charge is 0.393 e. The van der Waals surface area contributed by atoms with Gasteiger partial charge >= 0.3 is 0 Å². The number of hydrogen-bond acceptors (Lipinski definition) is 7. The summed E-state index contributed by atoms with van der Waals surface area (Å²) in [6.45, 7) is 7.64. The summed E-state index contributed by atoms with van der Waals surface area (Å²) in [5, 5.41) is 3.26. The van der Waals surface area contributed by atoms with E-state index in [-0.39, 0.29) is 6.04 Å². The van der Waals surface area contributed by atoms with Gasteiger partial charge in [-0.3, -0.25) is 0 Å². The van der Waals surface area contributed by atoms with Crippen LogP contribution in [0.1, 0.15) is 13.8 Å². The maximum absolute atomic E-state index is 6.25. The Morgan fingerprint density at radius 3 is 2.43 bits per heavy atom. The summed E-state index contributed by atoms with van der Waals surface area (Å²) in [5.41, 5.74) is 6.87. The molecule has 1 saturated heterocycles. The van der Waals surface area contributed by atoms with Crippen molar-refractivity contribution in [1.82, 2.24) is 15.0 Å². The van der Waals surface area contributed by atoms with Crippen molar-refractivity contribution < 1.29 is 0 Å². The van der Waals surface area contributed by atoms with Gasteiger partial charge in [-0.2, -0.15) is 0 Å². The summed E-state index contributed by atoms with van der Waals surface area (Å²) in [6, 6.07) is 6.27. The van der Waals surface area contributed by atoms with E-state index < -0.39 is 0 Å². The lowest BCUT2D eigenvalue weighted by molar-refractivity contribution is 0.642. The van der Waals surface area contributed by atoms with Gasteiger partial charge in [0.05, 0.1) is 0 Å². The molecular weight excluding hydrogens is 290 g/mol. The fourth-order valence-corrected chi connectivity index (χ4v) is 2.71. The molecule has 0 amide bonds. The number of anilines is 4. The molecule has 1 aliphatic heterocycles. The molecule has 7 nitrogen and oxygen atoms in total. The molecule has 0 atom stereocenters. The number of rotatable bonds is 4. The summed E-state index contributed by atoms with van der Waals surface area (Å²) >= 11 is 0. The second-order valence-corrected chi connectivity index (χ2v) is 5.92. The Morgan fingerprint density at radius 2 is 1.78 bits per heavy atom. The van der Waals surface area contributed by atoms with E-state index in [4.69, 9.17) is 5.73 Å². The standard InChI is InChI=1S/C16H23N7/c1-12(2)21-15-14(17)16(20-11-19-15)23-9-7-22(8-10-23)13-5-3-4-6-18-13/h3-6,11-12H,7-10,17H2,1-2H3,(H,19,20,21). The van der Waals surface area contributed by atoms with Gasteiger partial charge in [-0.1, -0.05) is 6.07 Å². The van der Waals surface area contributed by atoms with Gasteiger partial charge in [-0.05, 0) is 26.0 Å². The third kappa shape index (κ3) is 3.44. The maximum atomic E-state index is 6.25. The smallest absolute Gasteiger partial charge is 0.157 e. The molecule has 7 heteroatoms. The van der Waals surface area contributed by atoms with E-state index >= 15 is 0 Å². The Hall–Kier alpha value is -2.57. The Balaban J connectivity index is 1.70. The number of nitrogens with one attached hydrogen (secondary N) is 1. The number of nitrogen functional groups attached to an aromatic ring is 1. The second kappa shape index (κ2) is 6.68. The minimum Gasteiger partial charge on any atom is -0.393 e. The van der Waals surface area contributed by atoms with Crippen molar-refractivity contribution in [2.75, 3.05) is 47.0 Å². The highest BCUT2D eigenvalue weighted by Crippen LogP contribution is 2.27. The minimum atomic E-state index is 0.279. The molecule has 0 aliphatic carbocycles. The third-order valence-electron chi connectivity index (χ3n) is 3.84. The SMILES string of the molecule is CC(C)Nc1ncnc(N2CCN(c3ccccn3)CC2)c1N. The molecule has 0 unspecified atom stereocenters. The molecule has 23 heavy (non-hydrogen) atoms. The van der Waals surface area contributed by atoms with Crippen LogP contribution in [0.2, 0.25) is 0 Å². The van der Waals surface area contributed by atoms with Crippen LogP contribution in [0.15, 0.2) is 30.7 Å². The molecule has 1 aliphatic rings. The lowest BCUT2D eigenvalue weighted by Gasteiger charge is -2.36. The number of hydrogen-bond donors (Lipinski definition) is 2. The van der Waals surface area contributed by atoms with Crippen LogP contribution in [-0.4, -0.2) is 47.2 Å². The summed E-state index contributed by atoms with van der Waals surface area (Å²) in [6.07, 6.45) is 3.40. The van der Waals surface area contributed by atoms with E-state index in [0.717, 1.165) is 37.8 Å². The van der Waals surface area contributed by atoms with Crippen molar-refractivity contribution in [3.05, 3.63) is 30.7 Å². The average molecular weight is 313 g/mol. The summed E-state index contributed by atoms with van der Waals surface area (Å²) in [5.74, 6) is 2.53. The first-order chi connectivity index (χ1) is 11.1. The molecule has 0 saturated carbocycles. The van der Waals surface area contributed by atoms with E-state index in [9.17, 15) is 0 Å². The Morgan fingerprint density at radius 1 is 1.04 bits per heavy atom. The quantitative estimate of drug-likeness (QED) is 0.887. The first-order valence-corrected chi connectivity index (χ1v) is 7.93. The molecule has 1 fully saturated rings. The predicted octanol–water partition coefficient (Wildman–Crippen LogP) is 1.60. The highest BCUT2D eigenvalue weighted by Gasteiger charge is 2.22. The minimum absolute atomic E-state index is 0.279. The molecule has 2 aromatic rings. The number of piperazine rings is 1. The second-order valence-electron chi connectivity index (χ2n) is 5.92. The molecule has 3 heterocycles. The fourth-order valence-electron chi connectivity index (χ4n) is 2.71. The molecule has 3 rings (SSSR count). The van der Waals surface area contributed by atoms with Crippen LogP contribution in [0, 0.1) is 0 Å². The molecule has 0 radical (unpaired) electrons. The summed E-state index contributed by atoms with van der Waals surface area (Å²) in [4.78, 5) is 17.5. The highest BCUT2D eigenvalue weighted by molar-refractivity contribution is 5.75. The maximum Gasteiger partial charge on any atom is 0.157 e. The van der Waals surface area contributed by atoms with Crippen molar-refractivity contribution in [1.29, 1.82) is 0 Å². The van der Waals surface area contributed by atoms with Gasteiger partial charge in [-0.25, -0.2) is 15.0 Å². The first-order valence-electron chi connectivity index (χ1n) is 7.93. The Labute approximate surface area is 136 Å². The third-order valence-corrected chi connectivity index (χ3v) is 3.84. The number of nitrogens with zero attached hydrogens (tertiary/aromatic N) is 5. The molecular formula is C16H23N7. The zero-order valence-electron chi connectivity index (χ0n) is 13.6. The van der Waals surface area contributed by atoms with Gasteiger partial charge in [0.1, 0.15) is 17.8 Å². The van der Waals surface area contributed by atoms with Gasteiger partial charge in [0.15, 0.2) is 11.6 Å². The normalized spacial score (nSPS) is 15.1. The van der Waals surface area contributed by atoms with Crippen LogP contribution < -0.4 is 20.9 Å². The topological polar surface area (TPSA) is 83.2 Å². The highest BCUT2D eigenvalue weighted by atomic mass is 15.3. The predicted molar refractivity (Wildman–Crippen MR) is 93.9 cm³/mol. The van der Waals surface area contributed by atoms with E-state index in [0.29, 0.717) is 11.5 Å². The fraction of sp³-hybridized carbons (Fsp3) is 0.438. The molecule has 3 N–H and O–H groups in total. The number of aromatic nitrogens is 3. The molecule has 0 aromatic carbocycles. The summed E-state index contributed by atoms with van der Waals surface area (Å²) < 4.78 is 0. The molecule has 0 spiro atoms. The van der Waals surface area contributed by atoms with E-state index in [2.05, 4.69) is 43.9 Å². The molecule has 0 bridgehead atoms. The zero-order valence-corrected chi connectivity index (χ0v) is 13.6. The number of nitrogens with two attached hydrogens (primary N) is 1. The first kappa shape index (κ1) is 15.3. The van der Waals surface area contributed by atoms with Crippen molar-refractivity contribution in [2.45, 2.75) is 19.9 Å². The van der Waals surface area contributed by atoms with Crippen LogP contribution in [0.3, 0.4) is 0 Å². The average Bonchev–Trinajstić information content (AvgIpc) is 2.57. The Kier molecular flexibility index (Phi) is 4.45. The van der Waals surface area contributed by atoms with Gasteiger partial charge in [-0.15, -0.1) is 0 Å². The van der Waals surface area contributed by atoms with Gasteiger partial charge < -0.3 is 20.9 Å². The van der Waals surface area contributed by atoms with E-state index in [1.807, 2.05) is 24.4 Å². The lowest BCUT2D eigenvalue weighted by atomic mass is 10.2. The lowest BCUT2D eigenvalue weighted by Crippen LogP contribution is -2.47. The van der Waals surface area contributed by atoms with Gasteiger partial charge in [0.25, 0.3) is 0 Å². The summed E-state index contributed by atoms with van der Waals surface area (Å²) in [7, 11) is 0. The van der Waals surface area contributed by atoms with Crippen molar-refractivity contribution >= 4 is 23.1 Å². The van der Waals surface area contributed by atoms with Crippen molar-refractivity contribution in [3.63, 3.8) is 0 Å². The van der Waals surface area contributed by atoms with Crippen LogP contribution in [-0.2, 0) is 0 Å². The van der Waals surface area contributed by atoms with Crippen LogP contribution >= 0.6 is 0 Å². The van der Waals surface area contributed by atoms with Gasteiger partial charge in [0.2, 0.25) is 0 Å². The zero-order chi connectivity index (χ0) is 16.2. The van der Waals surface area contributed by atoms with Crippen LogP contribution in [0.5, 0.6) is 0 Å². The van der Waals surface area contributed by atoms with Crippen molar-refractivity contribution in [2.24, 2.45) is 0 Å². The van der Waals surface area contributed by atoms with Crippen LogP contribution in [0.4, 0.5) is 23.1 Å². The Bertz CT molecular complexity index is 636. The monoisotopic (exact) mass is 313 g/mol. The molecule has 2 aromatic heterocycles. The van der Waals surface area contributed by atoms with Gasteiger partial charge in [0, 0.05) is 38.4 Å². The molecule has 122 valence electrons. The van der Waals surface area contributed by atoms with Crippen LogP contribution in [0.25, 0.3) is 0 Å². The number of pyridine rings is 1. The van der Waals surface area contributed by atoms with E-state index in [1.165, 1.54) is 0 Å².